The van der Waals surface area contributed by atoms with Gasteiger partial charge in [0, 0.05) is 23.9 Å². The molecule has 0 aliphatic carbocycles. The summed E-state index contributed by atoms with van der Waals surface area (Å²) in [4.78, 5) is 0. The lowest BCUT2D eigenvalue weighted by atomic mass is 9.92. The molecule has 0 spiro atoms. The molecule has 0 unspecified atom stereocenters. The minimum atomic E-state index is -1.73. The number of fused-ring (bicyclic) bond motifs is 3. The standard InChI is InChI=1S/C28H35N2OSi/c1-16(2)12-19-14-20-13-17(3)18(4)23-24(20)22(15-19)31-27-26(23)30(6)21-10-11-29(5)25(21)28(27)32(7,8)9/h10-11,13-16H,12H2,1-9H3/q+1. The van der Waals surface area contributed by atoms with Crippen LogP contribution in [0, 0.1) is 19.8 Å². The minimum Gasteiger partial charge on any atom is -0.454 e. The summed E-state index contributed by atoms with van der Waals surface area (Å²) in [6, 6.07) is 9.27. The minimum absolute atomic E-state index is 0.611. The van der Waals surface area contributed by atoms with E-state index in [1.807, 2.05) is 0 Å². The Kier molecular flexibility index (Phi) is 4.62. The highest BCUT2D eigenvalue weighted by atomic mass is 28.3. The molecule has 5 rings (SSSR count). The first-order valence-corrected chi connectivity index (χ1v) is 15.3. The second-order valence-corrected chi connectivity index (χ2v) is 16.1. The maximum Gasteiger partial charge on any atom is 0.232 e. The zero-order valence-corrected chi connectivity index (χ0v) is 22.0. The fraction of sp³-hybridized carbons (Fsp3) is 0.393. The molecule has 0 saturated carbocycles. The molecule has 0 aliphatic rings. The van der Waals surface area contributed by atoms with Gasteiger partial charge in [0.25, 0.3) is 0 Å². The van der Waals surface area contributed by atoms with E-state index < -0.39 is 8.07 Å². The van der Waals surface area contributed by atoms with Crippen molar-refractivity contribution in [1.82, 2.24) is 4.57 Å². The number of hydrogen-bond donors (Lipinski definition) is 0. The molecule has 0 bridgehead atoms. The first-order chi connectivity index (χ1) is 15.0. The zero-order valence-electron chi connectivity index (χ0n) is 21.0. The van der Waals surface area contributed by atoms with Gasteiger partial charge in [-0.2, -0.15) is 4.57 Å². The van der Waals surface area contributed by atoms with E-state index in [0.29, 0.717) is 5.92 Å². The van der Waals surface area contributed by atoms with Crippen LogP contribution in [0.2, 0.25) is 19.6 Å². The summed E-state index contributed by atoms with van der Waals surface area (Å²) >= 11 is 0. The Morgan fingerprint density at radius 2 is 1.78 bits per heavy atom. The summed E-state index contributed by atoms with van der Waals surface area (Å²) in [5.74, 6) is 0.611. The first-order valence-electron chi connectivity index (χ1n) is 11.8. The molecule has 3 nitrogen and oxygen atoms in total. The number of pyridine rings is 1. The average Bonchev–Trinajstić information content (AvgIpc) is 3.05. The Bertz CT molecular complexity index is 1540. The number of benzene rings is 2. The summed E-state index contributed by atoms with van der Waals surface area (Å²) in [6.45, 7) is 16.4. The van der Waals surface area contributed by atoms with Crippen molar-refractivity contribution < 1.29 is 8.98 Å². The summed E-state index contributed by atoms with van der Waals surface area (Å²) in [5, 5.41) is 5.33. The van der Waals surface area contributed by atoms with Gasteiger partial charge in [-0.05, 0) is 54.3 Å². The van der Waals surface area contributed by atoms with Gasteiger partial charge in [0.2, 0.25) is 5.52 Å². The summed E-state index contributed by atoms with van der Waals surface area (Å²) in [7, 11) is 2.63. The van der Waals surface area contributed by atoms with Crippen molar-refractivity contribution in [2.75, 3.05) is 0 Å². The van der Waals surface area contributed by atoms with Crippen LogP contribution in [0.1, 0.15) is 30.5 Å². The van der Waals surface area contributed by atoms with Gasteiger partial charge < -0.3 is 8.98 Å². The Labute approximate surface area is 191 Å². The highest BCUT2D eigenvalue weighted by Crippen LogP contribution is 2.39. The molecule has 0 fully saturated rings. The van der Waals surface area contributed by atoms with Gasteiger partial charge in [0.15, 0.2) is 11.8 Å². The fourth-order valence-electron chi connectivity index (χ4n) is 5.55. The van der Waals surface area contributed by atoms with Crippen molar-refractivity contribution in [3.8, 4) is 0 Å². The van der Waals surface area contributed by atoms with Gasteiger partial charge in [-0.15, -0.1) is 0 Å². The topological polar surface area (TPSA) is 21.9 Å². The largest absolute Gasteiger partial charge is 0.454 e. The summed E-state index contributed by atoms with van der Waals surface area (Å²) in [5.41, 5.74) is 9.98. The van der Waals surface area contributed by atoms with Crippen LogP contribution in [0.15, 0.2) is 34.9 Å². The van der Waals surface area contributed by atoms with E-state index in [-0.39, 0.29) is 0 Å². The van der Waals surface area contributed by atoms with Crippen LogP contribution in [-0.4, -0.2) is 12.6 Å². The molecule has 0 atom stereocenters. The monoisotopic (exact) mass is 443 g/mol. The molecule has 166 valence electrons. The second kappa shape index (κ2) is 6.95. The smallest absolute Gasteiger partial charge is 0.232 e. The van der Waals surface area contributed by atoms with E-state index in [1.165, 1.54) is 54.6 Å². The Morgan fingerprint density at radius 1 is 1.06 bits per heavy atom. The predicted molar refractivity (Wildman–Crippen MR) is 140 cm³/mol. The maximum absolute atomic E-state index is 6.94. The third kappa shape index (κ3) is 2.96. The summed E-state index contributed by atoms with van der Waals surface area (Å²) in [6.07, 6.45) is 3.25. The van der Waals surface area contributed by atoms with E-state index in [9.17, 15) is 0 Å². The molecule has 32 heavy (non-hydrogen) atoms. The number of rotatable bonds is 3. The molecule has 2 aromatic carbocycles. The molecule has 3 aromatic heterocycles. The molecule has 4 heteroatoms. The average molecular weight is 444 g/mol. The maximum atomic E-state index is 6.94. The van der Waals surface area contributed by atoms with E-state index in [0.717, 1.165) is 17.6 Å². The SMILES string of the molecule is Cc1cc2cc(CC(C)C)cc3oc4c([Si](C)(C)C)c5c(cc[n+]5C)n(C)c4c(c1C)c23. The lowest BCUT2D eigenvalue weighted by Gasteiger charge is -2.23. The third-order valence-electron chi connectivity index (χ3n) is 7.05. The van der Waals surface area contributed by atoms with Crippen LogP contribution in [0.25, 0.3) is 43.9 Å². The van der Waals surface area contributed by atoms with Crippen LogP contribution < -0.4 is 9.75 Å². The Hall–Kier alpha value is -2.59. The molecule has 0 radical (unpaired) electrons. The molecule has 3 heterocycles. The van der Waals surface area contributed by atoms with Gasteiger partial charge in [0.05, 0.1) is 18.8 Å². The number of nitrogens with zero attached hydrogens (tertiary/aromatic N) is 2. The van der Waals surface area contributed by atoms with Gasteiger partial charge in [-0.1, -0.05) is 45.6 Å². The van der Waals surface area contributed by atoms with Crippen molar-refractivity contribution in [1.29, 1.82) is 0 Å². The van der Waals surface area contributed by atoms with E-state index >= 15 is 0 Å². The normalized spacial score (nSPS) is 12.9. The molecule has 0 aliphatic heterocycles. The first kappa shape index (κ1) is 21.3. The van der Waals surface area contributed by atoms with Crippen molar-refractivity contribution >= 4 is 57.1 Å². The highest BCUT2D eigenvalue weighted by Gasteiger charge is 2.32. The molecular weight excluding hydrogens is 408 g/mol. The van der Waals surface area contributed by atoms with Crippen molar-refractivity contribution in [3.05, 3.63) is 47.2 Å². The van der Waals surface area contributed by atoms with Crippen LogP contribution in [0.5, 0.6) is 0 Å². The van der Waals surface area contributed by atoms with Gasteiger partial charge >= 0.3 is 0 Å². The van der Waals surface area contributed by atoms with E-state index in [2.05, 4.69) is 101 Å². The van der Waals surface area contributed by atoms with Crippen LogP contribution in [0.3, 0.4) is 0 Å². The van der Waals surface area contributed by atoms with Crippen molar-refractivity contribution in [3.63, 3.8) is 0 Å². The molecule has 0 N–H and O–H groups in total. The fourth-order valence-corrected chi connectivity index (χ4v) is 7.41. The van der Waals surface area contributed by atoms with E-state index in [1.54, 1.807) is 0 Å². The Balaban J connectivity index is 2.13. The lowest BCUT2D eigenvalue weighted by molar-refractivity contribution is -0.642. The van der Waals surface area contributed by atoms with Crippen LogP contribution in [0.4, 0.5) is 0 Å². The van der Waals surface area contributed by atoms with Gasteiger partial charge in [-0.3, -0.25) is 0 Å². The quantitative estimate of drug-likeness (QED) is 0.137. The van der Waals surface area contributed by atoms with E-state index in [4.69, 9.17) is 4.42 Å². The van der Waals surface area contributed by atoms with Gasteiger partial charge in [-0.25, -0.2) is 0 Å². The number of hydrogen-bond acceptors (Lipinski definition) is 1. The molecule has 0 saturated heterocycles. The lowest BCUT2D eigenvalue weighted by Crippen LogP contribution is -2.44. The second-order valence-electron chi connectivity index (χ2n) is 11.1. The molecular formula is C28H35N2OSi+. The highest BCUT2D eigenvalue weighted by molar-refractivity contribution is 6.91. The van der Waals surface area contributed by atoms with Crippen molar-refractivity contribution in [2.24, 2.45) is 20.0 Å². The predicted octanol–water partition coefficient (Wildman–Crippen LogP) is 6.42. The van der Waals surface area contributed by atoms with Crippen molar-refractivity contribution in [2.45, 2.75) is 53.8 Å². The van der Waals surface area contributed by atoms with Gasteiger partial charge in [0.1, 0.15) is 18.1 Å². The number of aryl methyl sites for hydroxylation is 4. The zero-order chi connectivity index (χ0) is 23.1. The number of aromatic nitrogens is 2. The van der Waals surface area contributed by atoms with Crippen LogP contribution in [-0.2, 0) is 20.5 Å². The van der Waals surface area contributed by atoms with Crippen LogP contribution >= 0.6 is 0 Å². The Morgan fingerprint density at radius 3 is 2.44 bits per heavy atom. The third-order valence-corrected chi connectivity index (χ3v) is 9.01. The molecule has 5 aromatic rings. The summed E-state index contributed by atoms with van der Waals surface area (Å²) < 4.78 is 11.6. The molecule has 0 amide bonds.